The van der Waals surface area contributed by atoms with Gasteiger partial charge in [-0.05, 0) is 26.8 Å². The highest BCUT2D eigenvalue weighted by atomic mass is 16.5. The Bertz CT molecular complexity index is 624. The van der Waals surface area contributed by atoms with E-state index in [-0.39, 0.29) is 6.04 Å². The van der Waals surface area contributed by atoms with Gasteiger partial charge in [0.25, 0.3) is 0 Å². The lowest BCUT2D eigenvalue weighted by atomic mass is 10.1. The van der Waals surface area contributed by atoms with Crippen LogP contribution in [0.5, 0.6) is 11.5 Å². The van der Waals surface area contributed by atoms with Crippen LogP contribution in [-0.2, 0) is 6.61 Å². The SMILES string of the molecule is COc1cc(C)nc(COc2ccc(C)cc2[C@@H](C)N)c1. The maximum absolute atomic E-state index is 6.01. The summed E-state index contributed by atoms with van der Waals surface area (Å²) in [6, 6.07) is 9.74. The number of benzene rings is 1. The van der Waals surface area contributed by atoms with Crippen molar-refractivity contribution >= 4 is 0 Å². The monoisotopic (exact) mass is 286 g/mol. The molecular weight excluding hydrogens is 264 g/mol. The smallest absolute Gasteiger partial charge is 0.130 e. The molecule has 1 atom stereocenters. The molecule has 0 bridgehead atoms. The van der Waals surface area contributed by atoms with Gasteiger partial charge < -0.3 is 15.2 Å². The fourth-order valence-electron chi connectivity index (χ4n) is 2.20. The molecule has 2 rings (SSSR count). The third-order valence-corrected chi connectivity index (χ3v) is 3.25. The Balaban J connectivity index is 2.18. The van der Waals surface area contributed by atoms with Crippen LogP contribution in [0.3, 0.4) is 0 Å². The minimum absolute atomic E-state index is 0.0695. The number of ether oxygens (including phenoxy) is 2. The second kappa shape index (κ2) is 6.59. The molecule has 4 heteroatoms. The molecule has 0 radical (unpaired) electrons. The number of methoxy groups -OCH3 is 1. The van der Waals surface area contributed by atoms with Gasteiger partial charge in [0.2, 0.25) is 0 Å². The van der Waals surface area contributed by atoms with Crippen molar-refractivity contribution in [3.63, 3.8) is 0 Å². The average Bonchev–Trinajstić information content (AvgIpc) is 2.45. The summed E-state index contributed by atoms with van der Waals surface area (Å²) in [5.74, 6) is 1.59. The summed E-state index contributed by atoms with van der Waals surface area (Å²) in [5.41, 5.74) is 9.93. The van der Waals surface area contributed by atoms with Crippen molar-refractivity contribution in [2.45, 2.75) is 33.4 Å². The second-order valence-corrected chi connectivity index (χ2v) is 5.26. The van der Waals surface area contributed by atoms with E-state index in [0.29, 0.717) is 6.61 Å². The Morgan fingerprint density at radius 2 is 1.95 bits per heavy atom. The van der Waals surface area contributed by atoms with Crippen LogP contribution in [0.25, 0.3) is 0 Å². The topological polar surface area (TPSA) is 57.4 Å². The summed E-state index contributed by atoms with van der Waals surface area (Å²) in [6.45, 7) is 6.32. The fourth-order valence-corrected chi connectivity index (χ4v) is 2.20. The minimum atomic E-state index is -0.0695. The zero-order valence-electron chi connectivity index (χ0n) is 13.0. The third kappa shape index (κ3) is 3.95. The molecule has 21 heavy (non-hydrogen) atoms. The van der Waals surface area contributed by atoms with E-state index in [0.717, 1.165) is 28.5 Å². The quantitative estimate of drug-likeness (QED) is 0.916. The van der Waals surface area contributed by atoms with Gasteiger partial charge in [-0.3, -0.25) is 4.98 Å². The van der Waals surface area contributed by atoms with Crippen LogP contribution >= 0.6 is 0 Å². The van der Waals surface area contributed by atoms with Crippen molar-refractivity contribution in [1.29, 1.82) is 0 Å². The zero-order valence-corrected chi connectivity index (χ0v) is 13.0. The molecule has 1 heterocycles. The van der Waals surface area contributed by atoms with Crippen LogP contribution in [0, 0.1) is 13.8 Å². The molecule has 0 spiro atoms. The van der Waals surface area contributed by atoms with Crippen LogP contribution in [0.2, 0.25) is 0 Å². The van der Waals surface area contributed by atoms with E-state index in [9.17, 15) is 0 Å². The Hall–Kier alpha value is -2.07. The summed E-state index contributed by atoms with van der Waals surface area (Å²) >= 11 is 0. The molecule has 0 saturated heterocycles. The lowest BCUT2D eigenvalue weighted by molar-refractivity contribution is 0.295. The first-order valence-electron chi connectivity index (χ1n) is 7.00. The first kappa shape index (κ1) is 15.3. The second-order valence-electron chi connectivity index (χ2n) is 5.26. The van der Waals surface area contributed by atoms with Gasteiger partial charge >= 0.3 is 0 Å². The van der Waals surface area contributed by atoms with Gasteiger partial charge in [0.05, 0.1) is 12.8 Å². The van der Waals surface area contributed by atoms with Crippen LogP contribution < -0.4 is 15.2 Å². The number of aryl methyl sites for hydroxylation is 2. The number of hydrogen-bond donors (Lipinski definition) is 1. The Morgan fingerprint density at radius 1 is 1.19 bits per heavy atom. The first-order valence-corrected chi connectivity index (χ1v) is 7.00. The van der Waals surface area contributed by atoms with Crippen molar-refractivity contribution in [2.24, 2.45) is 5.73 Å². The molecule has 0 unspecified atom stereocenters. The summed E-state index contributed by atoms with van der Waals surface area (Å²) in [5, 5.41) is 0. The van der Waals surface area contributed by atoms with Gasteiger partial charge in [-0.25, -0.2) is 0 Å². The average molecular weight is 286 g/mol. The van der Waals surface area contributed by atoms with Gasteiger partial charge in [0.1, 0.15) is 18.1 Å². The molecule has 1 aromatic carbocycles. The predicted octanol–water partition coefficient (Wildman–Crippen LogP) is 3.31. The minimum Gasteiger partial charge on any atom is -0.497 e. The first-order chi connectivity index (χ1) is 9.99. The lowest BCUT2D eigenvalue weighted by Crippen LogP contribution is -2.09. The maximum Gasteiger partial charge on any atom is 0.130 e. The molecule has 2 N–H and O–H groups in total. The normalized spacial score (nSPS) is 12.0. The highest BCUT2D eigenvalue weighted by Gasteiger charge is 2.09. The molecule has 4 nitrogen and oxygen atoms in total. The van der Waals surface area contributed by atoms with Crippen LogP contribution in [0.4, 0.5) is 0 Å². The number of nitrogens with two attached hydrogens (primary N) is 1. The Labute approximate surface area is 125 Å². The predicted molar refractivity (Wildman–Crippen MR) is 83.6 cm³/mol. The zero-order chi connectivity index (χ0) is 15.4. The van der Waals surface area contributed by atoms with Crippen molar-refractivity contribution in [1.82, 2.24) is 4.98 Å². The van der Waals surface area contributed by atoms with Crippen LogP contribution in [-0.4, -0.2) is 12.1 Å². The maximum atomic E-state index is 6.01. The van der Waals surface area contributed by atoms with Gasteiger partial charge in [-0.2, -0.15) is 0 Å². The number of pyridine rings is 1. The Kier molecular flexibility index (Phi) is 4.81. The van der Waals surface area contributed by atoms with Crippen molar-refractivity contribution in [3.8, 4) is 11.5 Å². The van der Waals surface area contributed by atoms with Gasteiger partial charge in [0.15, 0.2) is 0 Å². The molecule has 2 aromatic rings. The van der Waals surface area contributed by atoms with E-state index in [1.54, 1.807) is 7.11 Å². The summed E-state index contributed by atoms with van der Waals surface area (Å²) < 4.78 is 11.1. The molecule has 0 saturated carbocycles. The molecule has 112 valence electrons. The number of aromatic nitrogens is 1. The van der Waals surface area contributed by atoms with E-state index >= 15 is 0 Å². The van der Waals surface area contributed by atoms with Gasteiger partial charge in [-0.15, -0.1) is 0 Å². The van der Waals surface area contributed by atoms with Crippen molar-refractivity contribution in [2.75, 3.05) is 7.11 Å². The summed E-state index contributed by atoms with van der Waals surface area (Å²) in [4.78, 5) is 4.45. The molecule has 0 aliphatic rings. The van der Waals surface area contributed by atoms with Gasteiger partial charge in [-0.1, -0.05) is 17.7 Å². The molecule has 0 aliphatic carbocycles. The summed E-state index contributed by atoms with van der Waals surface area (Å²) in [7, 11) is 1.65. The van der Waals surface area contributed by atoms with E-state index in [1.807, 2.05) is 45.0 Å². The molecular formula is C17H22N2O2. The third-order valence-electron chi connectivity index (χ3n) is 3.25. The van der Waals surface area contributed by atoms with E-state index < -0.39 is 0 Å². The molecule has 0 aliphatic heterocycles. The number of hydrogen-bond acceptors (Lipinski definition) is 4. The fraction of sp³-hybridized carbons (Fsp3) is 0.353. The van der Waals surface area contributed by atoms with Crippen molar-refractivity contribution in [3.05, 3.63) is 52.8 Å². The highest BCUT2D eigenvalue weighted by Crippen LogP contribution is 2.26. The number of nitrogens with zero attached hydrogens (tertiary/aromatic N) is 1. The number of rotatable bonds is 5. The van der Waals surface area contributed by atoms with E-state index in [2.05, 4.69) is 11.1 Å². The van der Waals surface area contributed by atoms with E-state index in [1.165, 1.54) is 5.56 Å². The van der Waals surface area contributed by atoms with Crippen LogP contribution in [0.15, 0.2) is 30.3 Å². The standard InChI is InChI=1S/C17H22N2O2/c1-11-5-6-17(16(7-11)13(3)18)21-10-14-9-15(20-4)8-12(2)19-14/h5-9,13H,10,18H2,1-4H3/t13-/m1/s1. The molecule has 0 amide bonds. The van der Waals surface area contributed by atoms with E-state index in [4.69, 9.17) is 15.2 Å². The van der Waals surface area contributed by atoms with Crippen LogP contribution in [0.1, 0.15) is 35.5 Å². The lowest BCUT2D eigenvalue weighted by Gasteiger charge is -2.15. The van der Waals surface area contributed by atoms with Crippen molar-refractivity contribution < 1.29 is 9.47 Å². The highest BCUT2D eigenvalue weighted by molar-refractivity contribution is 5.39. The largest absolute Gasteiger partial charge is 0.497 e. The molecule has 1 aromatic heterocycles. The Morgan fingerprint density at radius 3 is 2.62 bits per heavy atom. The summed E-state index contributed by atoms with van der Waals surface area (Å²) in [6.07, 6.45) is 0. The van der Waals surface area contributed by atoms with Gasteiger partial charge in [0, 0.05) is 29.4 Å². The molecule has 0 fully saturated rings.